The van der Waals surface area contributed by atoms with Gasteiger partial charge < -0.3 is 0 Å². The Kier molecular flexibility index (Phi) is 4.06. The fourth-order valence-electron chi connectivity index (χ4n) is 2.60. The smallest absolute Gasteiger partial charge is 0.196 e. The van der Waals surface area contributed by atoms with Crippen molar-refractivity contribution in [2.45, 2.75) is 29.7 Å². The lowest BCUT2D eigenvalue weighted by Gasteiger charge is -2.10. The highest BCUT2D eigenvalue weighted by Crippen LogP contribution is 2.41. The Morgan fingerprint density at radius 2 is 1.79 bits per heavy atom. The lowest BCUT2D eigenvalue weighted by atomic mass is 10.2. The van der Waals surface area contributed by atoms with E-state index >= 15 is 0 Å². The normalized spacial score (nSPS) is 14.1. The van der Waals surface area contributed by atoms with Gasteiger partial charge in [-0.15, -0.1) is 10.2 Å². The number of para-hydroxylation sites is 1. The Morgan fingerprint density at radius 1 is 1.00 bits per heavy atom. The number of hydrogen-bond donors (Lipinski definition) is 0. The highest BCUT2D eigenvalue weighted by atomic mass is 32.2. The molecule has 4 rings (SSSR count). The molecule has 0 saturated heterocycles. The van der Waals surface area contributed by atoms with Gasteiger partial charge in [-0.25, -0.2) is 8.78 Å². The number of nitrogens with zero attached hydrogens (tertiary/aromatic N) is 3. The molecule has 0 aliphatic heterocycles. The van der Waals surface area contributed by atoms with Crippen LogP contribution in [0.5, 0.6) is 0 Å². The third kappa shape index (κ3) is 2.94. The summed E-state index contributed by atoms with van der Waals surface area (Å²) in [6, 6.07) is 14.1. The van der Waals surface area contributed by atoms with Crippen molar-refractivity contribution in [2.24, 2.45) is 0 Å². The molecule has 1 aliphatic carbocycles. The number of thioether (sulfide) groups is 1. The summed E-state index contributed by atoms with van der Waals surface area (Å²) in [5, 5.41) is 9.31. The van der Waals surface area contributed by atoms with E-state index in [1.165, 1.54) is 17.8 Å². The molecule has 0 atom stereocenters. The minimum absolute atomic E-state index is 0.305. The second kappa shape index (κ2) is 6.36. The largest absolute Gasteiger partial charge is 0.274 e. The van der Waals surface area contributed by atoms with Gasteiger partial charge in [-0.1, -0.05) is 42.1 Å². The summed E-state index contributed by atoms with van der Waals surface area (Å²) in [6.07, 6.45) is 2.24. The summed E-state index contributed by atoms with van der Waals surface area (Å²) in [7, 11) is 0. The lowest BCUT2D eigenvalue weighted by Crippen LogP contribution is -2.02. The quantitative estimate of drug-likeness (QED) is 0.628. The first-order valence-electron chi connectivity index (χ1n) is 7.80. The first kappa shape index (κ1) is 15.3. The molecule has 0 bridgehead atoms. The monoisotopic (exact) mass is 343 g/mol. The molecule has 0 N–H and O–H groups in total. The maximum Gasteiger partial charge on any atom is 0.196 e. The molecule has 3 nitrogen and oxygen atoms in total. The minimum atomic E-state index is -0.823. The molecular formula is C18H15F2N3S. The van der Waals surface area contributed by atoms with Crippen molar-refractivity contribution >= 4 is 11.8 Å². The topological polar surface area (TPSA) is 30.7 Å². The van der Waals surface area contributed by atoms with Crippen LogP contribution in [0.1, 0.15) is 30.1 Å². The van der Waals surface area contributed by atoms with E-state index in [0.717, 1.165) is 30.4 Å². The van der Waals surface area contributed by atoms with Crippen molar-refractivity contribution in [3.63, 3.8) is 0 Å². The third-order valence-electron chi connectivity index (χ3n) is 4.00. The SMILES string of the molecule is Fc1cccc(CSc2nnc(C3CC3)n2-c2ccccc2)c1F. The molecule has 6 heteroatoms. The average Bonchev–Trinajstić information content (AvgIpc) is 3.37. The number of rotatable bonds is 5. The Hall–Kier alpha value is -2.21. The van der Waals surface area contributed by atoms with Crippen molar-refractivity contribution in [3.05, 3.63) is 71.6 Å². The molecule has 1 aromatic heterocycles. The molecule has 122 valence electrons. The second-order valence-corrected chi connectivity index (χ2v) is 6.73. The Balaban J connectivity index is 1.65. The molecule has 0 spiro atoms. The first-order chi connectivity index (χ1) is 11.7. The maximum absolute atomic E-state index is 13.8. The maximum atomic E-state index is 13.8. The van der Waals surface area contributed by atoms with E-state index < -0.39 is 11.6 Å². The van der Waals surface area contributed by atoms with Crippen LogP contribution in [0.2, 0.25) is 0 Å². The van der Waals surface area contributed by atoms with E-state index in [-0.39, 0.29) is 0 Å². The zero-order chi connectivity index (χ0) is 16.5. The summed E-state index contributed by atoms with van der Waals surface area (Å²) >= 11 is 1.37. The van der Waals surface area contributed by atoms with Crippen LogP contribution in [-0.4, -0.2) is 14.8 Å². The van der Waals surface area contributed by atoms with Crippen LogP contribution >= 0.6 is 11.8 Å². The predicted molar refractivity (Wildman–Crippen MR) is 89.3 cm³/mol. The standard InChI is InChI=1S/C18H15F2N3S/c19-15-8-4-5-13(16(15)20)11-24-18-22-21-17(12-9-10-12)23(18)14-6-2-1-3-7-14/h1-8,12H,9-11H2. The number of hydrogen-bond acceptors (Lipinski definition) is 3. The van der Waals surface area contributed by atoms with Gasteiger partial charge >= 0.3 is 0 Å². The van der Waals surface area contributed by atoms with E-state index in [1.807, 2.05) is 34.9 Å². The Morgan fingerprint density at radius 3 is 2.54 bits per heavy atom. The second-order valence-electron chi connectivity index (χ2n) is 5.79. The average molecular weight is 343 g/mol. The van der Waals surface area contributed by atoms with Crippen LogP contribution < -0.4 is 0 Å². The molecule has 1 fully saturated rings. The number of halogens is 2. The molecule has 0 unspecified atom stereocenters. The van der Waals surface area contributed by atoms with Crippen LogP contribution in [0.3, 0.4) is 0 Å². The van der Waals surface area contributed by atoms with Crippen LogP contribution in [0.25, 0.3) is 5.69 Å². The van der Waals surface area contributed by atoms with Crippen molar-refractivity contribution in [2.75, 3.05) is 0 Å². The fourth-order valence-corrected chi connectivity index (χ4v) is 3.54. The highest BCUT2D eigenvalue weighted by molar-refractivity contribution is 7.98. The van der Waals surface area contributed by atoms with Crippen LogP contribution in [-0.2, 0) is 5.75 Å². The molecule has 0 amide bonds. The van der Waals surface area contributed by atoms with Crippen LogP contribution in [0.15, 0.2) is 53.7 Å². The van der Waals surface area contributed by atoms with Gasteiger partial charge in [0.2, 0.25) is 0 Å². The summed E-state index contributed by atoms with van der Waals surface area (Å²) in [4.78, 5) is 0. The highest BCUT2D eigenvalue weighted by Gasteiger charge is 2.31. The van der Waals surface area contributed by atoms with Crippen LogP contribution in [0.4, 0.5) is 8.78 Å². The summed E-state index contributed by atoms with van der Waals surface area (Å²) < 4.78 is 29.2. The zero-order valence-electron chi connectivity index (χ0n) is 12.8. The molecule has 1 aliphatic rings. The molecule has 1 heterocycles. The van der Waals surface area contributed by atoms with E-state index in [4.69, 9.17) is 0 Å². The van der Waals surface area contributed by atoms with Crippen LogP contribution in [0, 0.1) is 11.6 Å². The molecule has 1 saturated carbocycles. The van der Waals surface area contributed by atoms with Gasteiger partial charge in [0.1, 0.15) is 5.82 Å². The van der Waals surface area contributed by atoms with Gasteiger partial charge in [0.05, 0.1) is 0 Å². The number of aromatic nitrogens is 3. The van der Waals surface area contributed by atoms with Crippen molar-refractivity contribution in [1.82, 2.24) is 14.8 Å². The number of benzene rings is 2. The minimum Gasteiger partial charge on any atom is -0.274 e. The fraction of sp³-hybridized carbons (Fsp3) is 0.222. The summed E-state index contributed by atoms with van der Waals surface area (Å²) in [5.41, 5.74) is 1.32. The van der Waals surface area contributed by atoms with Crippen molar-refractivity contribution in [1.29, 1.82) is 0 Å². The molecule has 0 radical (unpaired) electrons. The van der Waals surface area contributed by atoms with Crippen molar-refractivity contribution < 1.29 is 8.78 Å². The Labute approximate surface area is 142 Å². The van der Waals surface area contributed by atoms with E-state index in [2.05, 4.69) is 10.2 Å². The zero-order valence-corrected chi connectivity index (χ0v) is 13.6. The van der Waals surface area contributed by atoms with E-state index in [9.17, 15) is 8.78 Å². The molecule has 2 aromatic carbocycles. The summed E-state index contributed by atoms with van der Waals surface area (Å²) in [6.45, 7) is 0. The van der Waals surface area contributed by atoms with E-state index in [1.54, 1.807) is 6.07 Å². The van der Waals surface area contributed by atoms with Gasteiger partial charge in [-0.3, -0.25) is 4.57 Å². The van der Waals surface area contributed by atoms with Crippen molar-refractivity contribution in [3.8, 4) is 5.69 Å². The van der Waals surface area contributed by atoms with Gasteiger partial charge in [0.25, 0.3) is 0 Å². The molecule has 24 heavy (non-hydrogen) atoms. The van der Waals surface area contributed by atoms with Gasteiger partial charge in [-0.2, -0.15) is 0 Å². The summed E-state index contributed by atoms with van der Waals surface area (Å²) in [5.74, 6) is 0.0787. The van der Waals surface area contributed by atoms with Gasteiger partial charge in [-0.05, 0) is 31.0 Å². The van der Waals surface area contributed by atoms with E-state index in [0.29, 0.717) is 22.4 Å². The lowest BCUT2D eigenvalue weighted by molar-refractivity contribution is 0.502. The third-order valence-corrected chi connectivity index (χ3v) is 4.98. The predicted octanol–water partition coefficient (Wildman–Crippen LogP) is 4.72. The molecular weight excluding hydrogens is 328 g/mol. The Bertz CT molecular complexity index is 860. The van der Waals surface area contributed by atoms with Gasteiger partial charge in [0, 0.05) is 22.9 Å². The molecule has 3 aromatic rings. The first-order valence-corrected chi connectivity index (χ1v) is 8.79. The van der Waals surface area contributed by atoms with Gasteiger partial charge in [0.15, 0.2) is 16.8 Å².